The Labute approximate surface area is 255 Å². The molecule has 0 saturated heterocycles. The largest absolute Gasteiger partial charge is 0.457 e. The van der Waals surface area contributed by atoms with Crippen molar-refractivity contribution in [1.29, 1.82) is 0 Å². The maximum absolute atomic E-state index is 6.61. The van der Waals surface area contributed by atoms with Crippen molar-refractivity contribution >= 4 is 0 Å². The predicted molar refractivity (Wildman–Crippen MR) is 179 cm³/mol. The third-order valence-electron chi connectivity index (χ3n) is 8.42. The lowest BCUT2D eigenvalue weighted by Crippen LogP contribution is -2.08. The van der Waals surface area contributed by atoms with Gasteiger partial charge in [0.05, 0.1) is 6.10 Å². The average molecular weight is 565 g/mol. The minimum absolute atomic E-state index is 0.0977. The van der Waals surface area contributed by atoms with E-state index in [9.17, 15) is 0 Å². The van der Waals surface area contributed by atoms with Gasteiger partial charge in [0.2, 0.25) is 0 Å². The number of aryl methyl sites for hydroxylation is 1. The molecule has 2 nitrogen and oxygen atoms in total. The van der Waals surface area contributed by atoms with Gasteiger partial charge in [-0.3, -0.25) is 0 Å². The summed E-state index contributed by atoms with van der Waals surface area (Å²) in [5.41, 5.74) is 2.56. The fourth-order valence-electron chi connectivity index (χ4n) is 5.94. The van der Waals surface area contributed by atoms with E-state index in [0.717, 1.165) is 30.9 Å². The van der Waals surface area contributed by atoms with Crippen molar-refractivity contribution in [3.05, 3.63) is 59.7 Å². The lowest BCUT2D eigenvalue weighted by Gasteiger charge is -2.23. The van der Waals surface area contributed by atoms with Gasteiger partial charge in [0.1, 0.15) is 11.5 Å². The third kappa shape index (κ3) is 16.4. The molecule has 2 aromatic carbocycles. The van der Waals surface area contributed by atoms with Crippen LogP contribution in [0.5, 0.6) is 11.5 Å². The molecule has 0 spiro atoms. The van der Waals surface area contributed by atoms with E-state index in [1.807, 2.05) is 0 Å². The van der Waals surface area contributed by atoms with E-state index in [1.54, 1.807) is 0 Å². The molecule has 232 valence electrons. The number of rotatable bonds is 27. The molecule has 1 unspecified atom stereocenters. The van der Waals surface area contributed by atoms with Crippen molar-refractivity contribution < 1.29 is 9.47 Å². The van der Waals surface area contributed by atoms with Crippen molar-refractivity contribution in [1.82, 2.24) is 0 Å². The second kappa shape index (κ2) is 24.8. The van der Waals surface area contributed by atoms with E-state index in [-0.39, 0.29) is 6.10 Å². The topological polar surface area (TPSA) is 18.5 Å². The van der Waals surface area contributed by atoms with Crippen LogP contribution < -0.4 is 4.74 Å². The van der Waals surface area contributed by atoms with Gasteiger partial charge in [-0.15, -0.1) is 0 Å². The Balaban J connectivity index is 1.83. The molecule has 0 N–H and O–H groups in total. The molecular formula is C39H64O2. The van der Waals surface area contributed by atoms with Gasteiger partial charge in [0, 0.05) is 12.2 Å². The molecule has 41 heavy (non-hydrogen) atoms. The number of unbranched alkanes of at least 4 members (excludes halogenated alkanes) is 18. The fraction of sp³-hybridized carbons (Fsp3) is 0.692. The van der Waals surface area contributed by atoms with E-state index < -0.39 is 0 Å². The maximum atomic E-state index is 6.61. The number of para-hydroxylation sites is 2. The van der Waals surface area contributed by atoms with Crippen LogP contribution >= 0.6 is 0 Å². The number of benzene rings is 2. The fourth-order valence-corrected chi connectivity index (χ4v) is 5.94. The Bertz CT molecular complexity index is 846. The van der Waals surface area contributed by atoms with Gasteiger partial charge in [0.15, 0.2) is 0 Å². The Hall–Kier alpha value is -1.80. The molecule has 0 amide bonds. The first-order valence-corrected chi connectivity index (χ1v) is 17.8. The van der Waals surface area contributed by atoms with Crippen LogP contribution in [0.4, 0.5) is 0 Å². The third-order valence-corrected chi connectivity index (χ3v) is 8.42. The van der Waals surface area contributed by atoms with E-state index in [0.29, 0.717) is 0 Å². The highest BCUT2D eigenvalue weighted by molar-refractivity contribution is 5.46. The van der Waals surface area contributed by atoms with E-state index in [2.05, 4.69) is 69.3 Å². The normalized spacial score (nSPS) is 12.1. The summed E-state index contributed by atoms with van der Waals surface area (Å²) < 4.78 is 13.0. The first-order chi connectivity index (χ1) is 20.3. The summed E-state index contributed by atoms with van der Waals surface area (Å²) in [6, 6.07) is 17.0. The van der Waals surface area contributed by atoms with Gasteiger partial charge in [-0.25, -0.2) is 0 Å². The highest BCUT2D eigenvalue weighted by Gasteiger charge is 2.20. The predicted octanol–water partition coefficient (Wildman–Crippen LogP) is 13.3. The molecule has 2 heteroatoms. The van der Waals surface area contributed by atoms with Gasteiger partial charge in [-0.1, -0.05) is 172 Å². The lowest BCUT2D eigenvalue weighted by atomic mass is 9.96. The summed E-state index contributed by atoms with van der Waals surface area (Å²) in [4.78, 5) is 0. The molecule has 0 aromatic heterocycles. The quantitative estimate of drug-likeness (QED) is 0.100. The van der Waals surface area contributed by atoms with Crippen LogP contribution in [0.15, 0.2) is 48.5 Å². The van der Waals surface area contributed by atoms with Crippen LogP contribution in [-0.4, -0.2) is 6.61 Å². The second-order valence-corrected chi connectivity index (χ2v) is 12.1. The number of hydrogen-bond acceptors (Lipinski definition) is 2. The second-order valence-electron chi connectivity index (χ2n) is 12.1. The van der Waals surface area contributed by atoms with Crippen molar-refractivity contribution in [3.63, 3.8) is 0 Å². The molecular weight excluding hydrogens is 500 g/mol. The van der Waals surface area contributed by atoms with E-state index in [4.69, 9.17) is 9.47 Å². The van der Waals surface area contributed by atoms with Gasteiger partial charge >= 0.3 is 0 Å². The Morgan fingerprint density at radius 1 is 0.512 bits per heavy atom. The maximum Gasteiger partial charge on any atom is 0.136 e. The van der Waals surface area contributed by atoms with Crippen LogP contribution in [0.3, 0.4) is 0 Å². The van der Waals surface area contributed by atoms with Crippen LogP contribution in [0.1, 0.15) is 173 Å². The molecule has 0 heterocycles. The Kier molecular flexibility index (Phi) is 21.4. The summed E-state index contributed by atoms with van der Waals surface area (Å²) >= 11 is 0. The zero-order valence-corrected chi connectivity index (χ0v) is 27.3. The molecule has 1 atom stereocenters. The van der Waals surface area contributed by atoms with Crippen molar-refractivity contribution in [3.8, 4) is 11.5 Å². The number of ether oxygens (including phenoxy) is 2. The first kappa shape index (κ1) is 35.4. The van der Waals surface area contributed by atoms with Crippen LogP contribution in [0.2, 0.25) is 0 Å². The smallest absolute Gasteiger partial charge is 0.136 e. The summed E-state index contributed by atoms with van der Waals surface area (Å²) in [5.74, 6) is 1.95. The van der Waals surface area contributed by atoms with Gasteiger partial charge in [-0.05, 0) is 43.9 Å². The summed E-state index contributed by atoms with van der Waals surface area (Å²) in [6.07, 6.45) is 29.6. The summed E-state index contributed by atoms with van der Waals surface area (Å²) in [7, 11) is 0. The van der Waals surface area contributed by atoms with Crippen LogP contribution in [-0.2, 0) is 11.2 Å². The first-order valence-electron chi connectivity index (χ1n) is 17.8. The van der Waals surface area contributed by atoms with E-state index in [1.165, 1.54) is 140 Å². The molecule has 0 fully saturated rings. The minimum Gasteiger partial charge on any atom is -0.457 e. The molecule has 0 radical (unpaired) electrons. The highest BCUT2D eigenvalue weighted by Crippen LogP contribution is 2.38. The molecule has 2 rings (SSSR count). The van der Waals surface area contributed by atoms with Crippen molar-refractivity contribution in [2.45, 2.75) is 168 Å². The Morgan fingerprint density at radius 3 is 1.56 bits per heavy atom. The van der Waals surface area contributed by atoms with Gasteiger partial charge in [0.25, 0.3) is 0 Å². The molecule has 0 aliphatic rings. The average Bonchev–Trinajstić information content (AvgIpc) is 2.99. The minimum atomic E-state index is 0.0977. The van der Waals surface area contributed by atoms with Gasteiger partial charge < -0.3 is 9.47 Å². The zero-order valence-electron chi connectivity index (χ0n) is 27.3. The monoisotopic (exact) mass is 564 g/mol. The molecule has 0 bridgehead atoms. The van der Waals surface area contributed by atoms with Gasteiger partial charge in [-0.2, -0.15) is 0 Å². The summed E-state index contributed by atoms with van der Waals surface area (Å²) in [5, 5.41) is 0. The lowest BCUT2D eigenvalue weighted by molar-refractivity contribution is 0.0527. The number of hydrogen-bond donors (Lipinski definition) is 0. The van der Waals surface area contributed by atoms with E-state index >= 15 is 0 Å². The molecule has 0 aliphatic heterocycles. The van der Waals surface area contributed by atoms with Crippen molar-refractivity contribution in [2.75, 3.05) is 6.61 Å². The summed E-state index contributed by atoms with van der Waals surface area (Å²) in [6.45, 7) is 7.43. The van der Waals surface area contributed by atoms with Crippen molar-refractivity contribution in [2.24, 2.45) is 0 Å². The molecule has 2 aromatic rings. The SMILES string of the molecule is CCCCCCCCCCCCCCCCC(OCC)c1cccc(CCCCCCCC)c1Oc1ccccc1. The van der Waals surface area contributed by atoms with Crippen LogP contribution in [0.25, 0.3) is 0 Å². The molecule has 0 aliphatic carbocycles. The zero-order chi connectivity index (χ0) is 29.2. The standard InChI is InChI=1S/C39H64O2/c1-4-7-9-11-13-14-15-16-17-18-19-20-22-27-34-38(40-6-3)37-33-28-30-35(29-24-21-12-10-8-5-2)39(37)41-36-31-25-23-26-32-36/h23,25-26,28,30-33,38H,4-22,24,27,29,34H2,1-3H3. The Morgan fingerprint density at radius 2 is 1.02 bits per heavy atom. The highest BCUT2D eigenvalue weighted by atomic mass is 16.5. The van der Waals surface area contributed by atoms with Crippen LogP contribution in [0, 0.1) is 0 Å². The molecule has 0 saturated carbocycles.